The van der Waals surface area contributed by atoms with E-state index in [0.29, 0.717) is 11.8 Å². The minimum absolute atomic E-state index is 0.00319. The molecule has 0 spiro atoms. The number of hydrogen-bond acceptors (Lipinski definition) is 3. The van der Waals surface area contributed by atoms with Gasteiger partial charge in [0, 0.05) is 5.56 Å². The molecule has 0 aliphatic rings. The third-order valence-corrected chi connectivity index (χ3v) is 2.75. The summed E-state index contributed by atoms with van der Waals surface area (Å²) >= 11 is 0. The second-order valence-corrected chi connectivity index (χ2v) is 4.33. The average molecular weight is 296 g/mol. The summed E-state index contributed by atoms with van der Waals surface area (Å²) in [5.41, 5.74) is -0.554. The normalized spacial score (nSPS) is 11.2. The molecule has 2 rings (SSSR count). The summed E-state index contributed by atoms with van der Waals surface area (Å²) in [5, 5.41) is 9.29. The molecule has 0 aliphatic heterocycles. The van der Waals surface area contributed by atoms with Crippen molar-refractivity contribution in [3.63, 3.8) is 0 Å². The van der Waals surface area contributed by atoms with Crippen molar-refractivity contribution in [1.29, 1.82) is 0 Å². The zero-order chi connectivity index (χ0) is 15.5. The van der Waals surface area contributed by atoms with Gasteiger partial charge in [0.2, 0.25) is 0 Å². The summed E-state index contributed by atoms with van der Waals surface area (Å²) in [6, 6.07) is 9.12. The Balaban J connectivity index is 2.25. The fourth-order valence-electron chi connectivity index (χ4n) is 1.78. The van der Waals surface area contributed by atoms with E-state index < -0.39 is 11.7 Å². The number of rotatable bonds is 4. The summed E-state index contributed by atoms with van der Waals surface area (Å²) in [6.07, 6.45) is -4.28. The van der Waals surface area contributed by atoms with E-state index in [1.807, 2.05) is 0 Å². The lowest BCUT2D eigenvalue weighted by Crippen LogP contribution is -2.09. The molecule has 6 heteroatoms. The molecular weight excluding hydrogens is 285 g/mol. The number of hydrogen-bond donors (Lipinski definition) is 1. The van der Waals surface area contributed by atoms with Crippen molar-refractivity contribution >= 4 is 6.29 Å². The Labute approximate surface area is 118 Å². The lowest BCUT2D eigenvalue weighted by atomic mass is 10.1. The van der Waals surface area contributed by atoms with Crippen molar-refractivity contribution in [1.82, 2.24) is 0 Å². The second-order valence-electron chi connectivity index (χ2n) is 4.33. The van der Waals surface area contributed by atoms with Crippen LogP contribution in [0.2, 0.25) is 0 Å². The van der Waals surface area contributed by atoms with Crippen LogP contribution < -0.4 is 4.74 Å². The van der Waals surface area contributed by atoms with Crippen LogP contribution >= 0.6 is 0 Å². The van der Waals surface area contributed by atoms with Crippen LogP contribution in [0.3, 0.4) is 0 Å². The van der Waals surface area contributed by atoms with Crippen molar-refractivity contribution in [2.45, 2.75) is 12.8 Å². The van der Waals surface area contributed by atoms with Gasteiger partial charge in [0.15, 0.2) is 0 Å². The zero-order valence-electron chi connectivity index (χ0n) is 10.7. The Morgan fingerprint density at radius 2 is 1.90 bits per heavy atom. The van der Waals surface area contributed by atoms with Crippen molar-refractivity contribution in [2.24, 2.45) is 0 Å². The Morgan fingerprint density at radius 3 is 2.52 bits per heavy atom. The van der Waals surface area contributed by atoms with Crippen LogP contribution in [0.5, 0.6) is 11.5 Å². The number of phenols is 1. The molecule has 0 aromatic heterocycles. The van der Waals surface area contributed by atoms with Gasteiger partial charge in [0.05, 0.1) is 5.56 Å². The van der Waals surface area contributed by atoms with E-state index in [-0.39, 0.29) is 23.7 Å². The number of carbonyl (C=O) groups is 1. The molecule has 1 N–H and O–H groups in total. The lowest BCUT2D eigenvalue weighted by Gasteiger charge is -2.14. The van der Waals surface area contributed by atoms with Crippen molar-refractivity contribution in [3.05, 3.63) is 59.2 Å². The topological polar surface area (TPSA) is 46.5 Å². The van der Waals surface area contributed by atoms with Crippen LogP contribution in [0, 0.1) is 0 Å². The molecule has 0 saturated carbocycles. The van der Waals surface area contributed by atoms with Gasteiger partial charge in [-0.05, 0) is 35.9 Å². The van der Waals surface area contributed by atoms with Gasteiger partial charge in [0.25, 0.3) is 0 Å². The van der Waals surface area contributed by atoms with Crippen molar-refractivity contribution < 1.29 is 27.8 Å². The molecular formula is C15H11F3O3. The Morgan fingerprint density at radius 1 is 1.14 bits per heavy atom. The molecule has 0 saturated heterocycles. The maximum atomic E-state index is 12.9. The highest BCUT2D eigenvalue weighted by Crippen LogP contribution is 2.37. The quantitative estimate of drug-likeness (QED) is 0.873. The van der Waals surface area contributed by atoms with Gasteiger partial charge in [-0.1, -0.05) is 12.1 Å². The predicted octanol–water partition coefficient (Wildman–Crippen LogP) is 3.80. The molecule has 0 unspecified atom stereocenters. The first-order valence-corrected chi connectivity index (χ1v) is 5.97. The van der Waals surface area contributed by atoms with Gasteiger partial charge in [-0.3, -0.25) is 4.79 Å². The summed E-state index contributed by atoms with van der Waals surface area (Å²) < 4.78 is 43.9. The van der Waals surface area contributed by atoms with E-state index in [9.17, 15) is 23.1 Å². The van der Waals surface area contributed by atoms with Crippen LogP contribution in [0.4, 0.5) is 13.2 Å². The number of aromatic hydroxyl groups is 1. The molecule has 0 aliphatic carbocycles. The number of aldehydes is 1. The number of phenolic OH excluding ortho intramolecular Hbond substituents is 1. The van der Waals surface area contributed by atoms with E-state index in [1.165, 1.54) is 18.2 Å². The minimum Gasteiger partial charge on any atom is -0.508 e. The third kappa shape index (κ3) is 3.75. The Kier molecular flexibility index (Phi) is 4.16. The fourth-order valence-corrected chi connectivity index (χ4v) is 1.78. The molecule has 0 amide bonds. The maximum Gasteiger partial charge on any atom is 0.419 e. The summed E-state index contributed by atoms with van der Waals surface area (Å²) in [7, 11) is 0. The smallest absolute Gasteiger partial charge is 0.419 e. The largest absolute Gasteiger partial charge is 0.508 e. The van der Waals surface area contributed by atoms with Gasteiger partial charge in [-0.25, -0.2) is 0 Å². The van der Waals surface area contributed by atoms with E-state index in [1.54, 1.807) is 12.1 Å². The van der Waals surface area contributed by atoms with Crippen molar-refractivity contribution in [2.75, 3.05) is 0 Å². The maximum absolute atomic E-state index is 12.9. The first-order chi connectivity index (χ1) is 9.90. The molecule has 2 aromatic rings. The van der Waals surface area contributed by atoms with Gasteiger partial charge in [-0.15, -0.1) is 0 Å². The molecule has 0 heterocycles. The summed E-state index contributed by atoms with van der Waals surface area (Å²) in [5.74, 6) is -0.361. The predicted molar refractivity (Wildman–Crippen MR) is 69.3 cm³/mol. The van der Waals surface area contributed by atoms with E-state index >= 15 is 0 Å². The average Bonchev–Trinajstić information content (AvgIpc) is 2.44. The van der Waals surface area contributed by atoms with Crippen LogP contribution in [0.1, 0.15) is 21.5 Å². The van der Waals surface area contributed by atoms with Gasteiger partial charge in [0.1, 0.15) is 24.4 Å². The lowest BCUT2D eigenvalue weighted by molar-refractivity contribution is -0.139. The summed E-state index contributed by atoms with van der Waals surface area (Å²) in [4.78, 5) is 10.6. The number of carbonyl (C=O) groups excluding carboxylic acids is 1. The van der Waals surface area contributed by atoms with E-state index in [2.05, 4.69) is 0 Å². The molecule has 2 aromatic carbocycles. The highest BCUT2D eigenvalue weighted by Gasteiger charge is 2.34. The SMILES string of the molecule is O=Cc1ccc(OCc2cccc(O)c2)c(C(F)(F)F)c1. The zero-order valence-corrected chi connectivity index (χ0v) is 10.7. The molecule has 3 nitrogen and oxygen atoms in total. The first kappa shape index (κ1) is 14.9. The van der Waals surface area contributed by atoms with Crippen LogP contribution in [0.15, 0.2) is 42.5 Å². The summed E-state index contributed by atoms with van der Waals surface area (Å²) in [6.45, 7) is -0.127. The van der Waals surface area contributed by atoms with Crippen LogP contribution in [-0.4, -0.2) is 11.4 Å². The second kappa shape index (κ2) is 5.87. The molecule has 21 heavy (non-hydrogen) atoms. The van der Waals surface area contributed by atoms with Gasteiger partial charge < -0.3 is 9.84 Å². The van der Waals surface area contributed by atoms with Gasteiger partial charge in [-0.2, -0.15) is 13.2 Å². The fraction of sp³-hybridized carbons (Fsp3) is 0.133. The standard InChI is InChI=1S/C15H11F3O3/c16-15(17,18)13-7-10(8-19)4-5-14(13)21-9-11-2-1-3-12(20)6-11/h1-8,20H,9H2. The number of benzene rings is 2. The van der Waals surface area contributed by atoms with Crippen molar-refractivity contribution in [3.8, 4) is 11.5 Å². The molecule has 0 bridgehead atoms. The molecule has 0 fully saturated rings. The monoisotopic (exact) mass is 296 g/mol. The Bertz CT molecular complexity index is 651. The third-order valence-electron chi connectivity index (χ3n) is 2.75. The van der Waals surface area contributed by atoms with E-state index in [4.69, 9.17) is 4.74 Å². The van der Waals surface area contributed by atoms with Crippen LogP contribution in [-0.2, 0) is 12.8 Å². The number of alkyl halides is 3. The van der Waals surface area contributed by atoms with E-state index in [0.717, 1.165) is 12.1 Å². The molecule has 0 radical (unpaired) electrons. The Hall–Kier alpha value is -2.50. The van der Waals surface area contributed by atoms with Gasteiger partial charge >= 0.3 is 6.18 Å². The highest BCUT2D eigenvalue weighted by molar-refractivity contribution is 5.75. The molecule has 110 valence electrons. The molecule has 0 atom stereocenters. The minimum atomic E-state index is -4.62. The number of halogens is 3. The van der Waals surface area contributed by atoms with Crippen LogP contribution in [0.25, 0.3) is 0 Å². The number of ether oxygens (including phenoxy) is 1. The first-order valence-electron chi connectivity index (χ1n) is 5.97. The highest BCUT2D eigenvalue weighted by atomic mass is 19.4.